The van der Waals surface area contributed by atoms with Crippen LogP contribution in [-0.4, -0.2) is 9.97 Å². The molecular weight excluding hydrogens is 294 g/mol. The number of nitrogens with zero attached hydrogens (tertiary/aromatic N) is 3. The van der Waals surface area contributed by atoms with Gasteiger partial charge in [0.15, 0.2) is 5.82 Å². The van der Waals surface area contributed by atoms with E-state index in [0.29, 0.717) is 11.4 Å². The molecule has 0 unspecified atom stereocenters. The second kappa shape index (κ2) is 5.94. The Balaban J connectivity index is 1.97. The Kier molecular flexibility index (Phi) is 3.49. The molecule has 0 aliphatic carbocycles. The molecule has 0 N–H and O–H groups in total. The molecule has 4 aromatic rings. The molecule has 4 rings (SSSR count). The van der Waals surface area contributed by atoms with Crippen molar-refractivity contribution in [2.24, 2.45) is 0 Å². The fraction of sp³-hybridized carbons (Fsp3) is 0. The van der Waals surface area contributed by atoms with Gasteiger partial charge in [0.2, 0.25) is 0 Å². The number of hydrogen-bond donors (Lipinski definition) is 0. The second-order valence-electron chi connectivity index (χ2n) is 5.47. The molecule has 0 fully saturated rings. The van der Waals surface area contributed by atoms with E-state index in [4.69, 9.17) is 15.2 Å². The van der Waals surface area contributed by atoms with E-state index in [-0.39, 0.29) is 0 Å². The van der Waals surface area contributed by atoms with Gasteiger partial charge in [-0.05, 0) is 18.2 Å². The van der Waals surface area contributed by atoms with Crippen LogP contribution in [0.1, 0.15) is 5.56 Å². The smallest absolute Gasteiger partial charge is 0.160 e. The fourth-order valence-electron chi connectivity index (χ4n) is 2.72. The van der Waals surface area contributed by atoms with Gasteiger partial charge in [-0.2, -0.15) is 5.26 Å². The third-order valence-corrected chi connectivity index (χ3v) is 3.92. The lowest BCUT2D eigenvalue weighted by molar-refractivity contribution is 1.23. The minimum Gasteiger partial charge on any atom is -0.228 e. The number of benzene rings is 3. The number of aromatic nitrogens is 2. The van der Waals surface area contributed by atoms with E-state index in [9.17, 15) is 0 Å². The second-order valence-corrected chi connectivity index (χ2v) is 5.47. The number of fused-ring (bicyclic) bond motifs is 1. The molecule has 0 aliphatic rings. The van der Waals surface area contributed by atoms with Gasteiger partial charge in [0, 0.05) is 16.5 Å². The molecule has 1 heterocycles. The van der Waals surface area contributed by atoms with Crippen molar-refractivity contribution in [2.75, 3.05) is 0 Å². The maximum Gasteiger partial charge on any atom is 0.160 e. The largest absolute Gasteiger partial charge is 0.228 e. The van der Waals surface area contributed by atoms with Crippen molar-refractivity contribution >= 4 is 10.9 Å². The van der Waals surface area contributed by atoms with E-state index >= 15 is 0 Å². The Morgan fingerprint density at radius 2 is 1.38 bits per heavy atom. The summed E-state index contributed by atoms with van der Waals surface area (Å²) in [6.45, 7) is 0. The first kappa shape index (κ1) is 14.1. The highest BCUT2D eigenvalue weighted by Crippen LogP contribution is 2.29. The van der Waals surface area contributed by atoms with Crippen LogP contribution in [0.15, 0.2) is 78.9 Å². The molecule has 3 nitrogen and oxygen atoms in total. The Morgan fingerprint density at radius 3 is 2.12 bits per heavy atom. The van der Waals surface area contributed by atoms with Crippen molar-refractivity contribution < 1.29 is 0 Å². The molecule has 0 radical (unpaired) electrons. The summed E-state index contributed by atoms with van der Waals surface area (Å²) in [5.74, 6) is 0.702. The highest BCUT2D eigenvalue weighted by atomic mass is 14.9. The van der Waals surface area contributed by atoms with Gasteiger partial charge in [-0.1, -0.05) is 60.7 Å². The lowest BCUT2D eigenvalue weighted by Crippen LogP contribution is -1.95. The van der Waals surface area contributed by atoms with E-state index < -0.39 is 0 Å². The number of para-hydroxylation sites is 1. The average Bonchev–Trinajstić information content (AvgIpc) is 2.68. The molecule has 0 aliphatic heterocycles. The molecule has 0 saturated heterocycles. The highest BCUT2D eigenvalue weighted by molar-refractivity contribution is 5.93. The zero-order valence-corrected chi connectivity index (χ0v) is 12.8. The van der Waals surface area contributed by atoms with Gasteiger partial charge in [0.25, 0.3) is 0 Å². The molecular formula is C21H13N3. The van der Waals surface area contributed by atoms with Crippen LogP contribution in [0.3, 0.4) is 0 Å². The van der Waals surface area contributed by atoms with Crippen LogP contribution in [0.25, 0.3) is 33.5 Å². The summed E-state index contributed by atoms with van der Waals surface area (Å²) in [6, 6.07) is 27.6. The van der Waals surface area contributed by atoms with Gasteiger partial charge in [0.05, 0.1) is 22.8 Å². The molecule has 112 valence electrons. The topological polar surface area (TPSA) is 49.6 Å². The zero-order chi connectivity index (χ0) is 16.4. The van der Waals surface area contributed by atoms with Crippen LogP contribution in [0.5, 0.6) is 0 Å². The van der Waals surface area contributed by atoms with Gasteiger partial charge in [0.1, 0.15) is 0 Å². The van der Waals surface area contributed by atoms with Gasteiger partial charge in [-0.15, -0.1) is 0 Å². The number of rotatable bonds is 2. The summed E-state index contributed by atoms with van der Waals surface area (Å²) in [5.41, 5.74) is 4.39. The van der Waals surface area contributed by atoms with Crippen LogP contribution in [0.4, 0.5) is 0 Å². The maximum absolute atomic E-state index is 8.99. The minimum atomic E-state index is 0.639. The Bertz CT molecular complexity index is 1050. The molecule has 3 heteroatoms. The summed E-state index contributed by atoms with van der Waals surface area (Å²) < 4.78 is 0. The van der Waals surface area contributed by atoms with Crippen molar-refractivity contribution in [2.45, 2.75) is 0 Å². The molecule has 0 atom stereocenters. The molecule has 0 bridgehead atoms. The van der Waals surface area contributed by atoms with Crippen molar-refractivity contribution in [3.8, 4) is 28.7 Å². The quantitative estimate of drug-likeness (QED) is 0.532. The van der Waals surface area contributed by atoms with Crippen molar-refractivity contribution in [1.29, 1.82) is 5.26 Å². The minimum absolute atomic E-state index is 0.639. The maximum atomic E-state index is 8.99. The Labute approximate surface area is 139 Å². The summed E-state index contributed by atoms with van der Waals surface area (Å²) in [6.07, 6.45) is 0. The van der Waals surface area contributed by atoms with Crippen molar-refractivity contribution in [3.63, 3.8) is 0 Å². The fourth-order valence-corrected chi connectivity index (χ4v) is 2.72. The first-order valence-electron chi connectivity index (χ1n) is 7.68. The lowest BCUT2D eigenvalue weighted by atomic mass is 10.0. The highest BCUT2D eigenvalue weighted by Gasteiger charge is 2.10. The lowest BCUT2D eigenvalue weighted by Gasteiger charge is -2.09. The standard InChI is InChI=1S/C21H13N3/c22-14-15-10-12-16(13-11-15)20-18-8-4-5-9-19(18)23-21(24-20)17-6-2-1-3-7-17/h1-13H. The third kappa shape index (κ3) is 2.51. The summed E-state index contributed by atoms with van der Waals surface area (Å²) >= 11 is 0. The Morgan fingerprint density at radius 1 is 0.667 bits per heavy atom. The van der Waals surface area contributed by atoms with Gasteiger partial charge in [-0.3, -0.25) is 0 Å². The Hall–Kier alpha value is -3.51. The van der Waals surface area contributed by atoms with E-state index in [1.165, 1.54) is 0 Å². The summed E-state index contributed by atoms with van der Waals surface area (Å²) in [7, 11) is 0. The summed E-state index contributed by atoms with van der Waals surface area (Å²) in [4.78, 5) is 9.50. The van der Waals surface area contributed by atoms with Gasteiger partial charge < -0.3 is 0 Å². The van der Waals surface area contributed by atoms with Crippen molar-refractivity contribution in [1.82, 2.24) is 9.97 Å². The monoisotopic (exact) mass is 307 g/mol. The van der Waals surface area contributed by atoms with Crippen molar-refractivity contribution in [3.05, 3.63) is 84.4 Å². The third-order valence-electron chi connectivity index (χ3n) is 3.92. The molecule has 3 aromatic carbocycles. The predicted octanol–water partition coefficient (Wildman–Crippen LogP) is 4.84. The molecule has 24 heavy (non-hydrogen) atoms. The molecule has 0 amide bonds. The van der Waals surface area contributed by atoms with Crippen LogP contribution < -0.4 is 0 Å². The van der Waals surface area contributed by atoms with Crippen LogP contribution in [0.2, 0.25) is 0 Å². The first-order chi connectivity index (χ1) is 11.8. The van der Waals surface area contributed by atoms with E-state index in [1.54, 1.807) is 0 Å². The van der Waals surface area contributed by atoms with Crippen LogP contribution in [-0.2, 0) is 0 Å². The van der Waals surface area contributed by atoms with Crippen LogP contribution >= 0.6 is 0 Å². The summed E-state index contributed by atoms with van der Waals surface area (Å²) in [5, 5.41) is 9.99. The molecule has 0 spiro atoms. The zero-order valence-electron chi connectivity index (χ0n) is 12.8. The first-order valence-corrected chi connectivity index (χ1v) is 7.68. The van der Waals surface area contributed by atoms with Gasteiger partial charge >= 0.3 is 0 Å². The normalized spacial score (nSPS) is 10.5. The van der Waals surface area contributed by atoms with E-state index in [1.807, 2.05) is 78.9 Å². The van der Waals surface area contributed by atoms with Crippen LogP contribution in [0, 0.1) is 11.3 Å². The molecule has 0 saturated carbocycles. The van der Waals surface area contributed by atoms with E-state index in [0.717, 1.165) is 27.7 Å². The molecule has 1 aromatic heterocycles. The van der Waals surface area contributed by atoms with Gasteiger partial charge in [-0.25, -0.2) is 9.97 Å². The number of hydrogen-bond acceptors (Lipinski definition) is 3. The SMILES string of the molecule is N#Cc1ccc(-c2nc(-c3ccccc3)nc3ccccc23)cc1. The number of nitriles is 1. The average molecular weight is 307 g/mol. The predicted molar refractivity (Wildman–Crippen MR) is 95.1 cm³/mol. The van der Waals surface area contributed by atoms with E-state index in [2.05, 4.69) is 6.07 Å².